The maximum absolute atomic E-state index is 12.6. The molecule has 0 spiro atoms. The highest BCUT2D eigenvalue weighted by molar-refractivity contribution is 6.05. The molecule has 0 atom stereocenters. The molecule has 0 bridgehead atoms. The Kier molecular flexibility index (Phi) is 5.67. The highest BCUT2D eigenvalue weighted by Gasteiger charge is 2.15. The van der Waals surface area contributed by atoms with Crippen molar-refractivity contribution in [1.82, 2.24) is 9.78 Å². The standard InChI is InChI=1S/C24H20N4O4/c1-32-24(31)17-11-9-16(10-12-17)23(30)26-18-6-4-5-15(13-18)14-28-20-8-3-2-7-19(20)21(27-28)22(25)29/h2-13H,14H2,1H3,(H2,25,29)(H,26,30). The topological polar surface area (TPSA) is 116 Å². The molecule has 8 heteroatoms. The van der Waals surface area contributed by atoms with Gasteiger partial charge in [-0.1, -0.05) is 30.3 Å². The van der Waals surface area contributed by atoms with Gasteiger partial charge in [0.15, 0.2) is 5.69 Å². The number of ether oxygens (including phenoxy) is 1. The van der Waals surface area contributed by atoms with Gasteiger partial charge in [-0.3, -0.25) is 14.3 Å². The number of nitrogens with two attached hydrogens (primary N) is 1. The summed E-state index contributed by atoms with van der Waals surface area (Å²) in [6, 6.07) is 20.9. The molecule has 160 valence electrons. The van der Waals surface area contributed by atoms with Crippen LogP contribution in [0.25, 0.3) is 10.9 Å². The Bertz CT molecular complexity index is 1330. The van der Waals surface area contributed by atoms with E-state index in [0.717, 1.165) is 11.1 Å². The van der Waals surface area contributed by atoms with Crippen molar-refractivity contribution in [3.05, 3.63) is 95.2 Å². The third kappa shape index (κ3) is 4.20. The molecule has 1 heterocycles. The maximum Gasteiger partial charge on any atom is 0.337 e. The predicted molar refractivity (Wildman–Crippen MR) is 120 cm³/mol. The second-order valence-electron chi connectivity index (χ2n) is 7.11. The number of fused-ring (bicyclic) bond motifs is 1. The first-order chi connectivity index (χ1) is 15.5. The van der Waals surface area contributed by atoms with Gasteiger partial charge in [0.2, 0.25) is 0 Å². The minimum absolute atomic E-state index is 0.223. The first kappa shape index (κ1) is 20.8. The molecule has 0 saturated heterocycles. The average molecular weight is 428 g/mol. The van der Waals surface area contributed by atoms with Gasteiger partial charge in [-0.2, -0.15) is 5.10 Å². The van der Waals surface area contributed by atoms with Gasteiger partial charge in [0.05, 0.1) is 24.7 Å². The van der Waals surface area contributed by atoms with Crippen LogP contribution in [-0.2, 0) is 11.3 Å². The van der Waals surface area contributed by atoms with Gasteiger partial charge >= 0.3 is 5.97 Å². The van der Waals surface area contributed by atoms with E-state index in [2.05, 4.69) is 15.2 Å². The van der Waals surface area contributed by atoms with E-state index in [1.165, 1.54) is 19.2 Å². The maximum atomic E-state index is 12.6. The smallest absolute Gasteiger partial charge is 0.337 e. The fourth-order valence-electron chi connectivity index (χ4n) is 3.43. The summed E-state index contributed by atoms with van der Waals surface area (Å²) >= 11 is 0. The second-order valence-corrected chi connectivity index (χ2v) is 7.11. The highest BCUT2D eigenvalue weighted by atomic mass is 16.5. The summed E-state index contributed by atoms with van der Waals surface area (Å²) in [5.41, 5.74) is 8.75. The van der Waals surface area contributed by atoms with E-state index in [0.29, 0.717) is 28.7 Å². The first-order valence-electron chi connectivity index (χ1n) is 9.80. The number of hydrogen-bond donors (Lipinski definition) is 2. The lowest BCUT2D eigenvalue weighted by Gasteiger charge is -2.09. The minimum Gasteiger partial charge on any atom is -0.465 e. The van der Waals surface area contributed by atoms with Crippen LogP contribution in [0.4, 0.5) is 5.69 Å². The van der Waals surface area contributed by atoms with Crippen LogP contribution in [0.3, 0.4) is 0 Å². The summed E-state index contributed by atoms with van der Waals surface area (Å²) < 4.78 is 6.37. The van der Waals surface area contributed by atoms with E-state index in [4.69, 9.17) is 5.73 Å². The van der Waals surface area contributed by atoms with E-state index in [1.807, 2.05) is 36.4 Å². The summed E-state index contributed by atoms with van der Waals surface area (Å²) in [6.07, 6.45) is 0. The Balaban J connectivity index is 1.53. The van der Waals surface area contributed by atoms with Gasteiger partial charge in [0, 0.05) is 16.6 Å². The lowest BCUT2D eigenvalue weighted by atomic mass is 10.1. The zero-order valence-electron chi connectivity index (χ0n) is 17.2. The minimum atomic E-state index is -0.584. The van der Waals surface area contributed by atoms with Crippen LogP contribution < -0.4 is 11.1 Å². The van der Waals surface area contributed by atoms with E-state index in [9.17, 15) is 14.4 Å². The van der Waals surface area contributed by atoms with Crippen molar-refractivity contribution < 1.29 is 19.1 Å². The second kappa shape index (κ2) is 8.73. The number of nitrogens with zero attached hydrogens (tertiary/aromatic N) is 2. The molecule has 1 aromatic heterocycles. The van der Waals surface area contributed by atoms with Crippen molar-refractivity contribution >= 4 is 34.4 Å². The molecule has 0 aliphatic rings. The van der Waals surface area contributed by atoms with Gasteiger partial charge in [-0.15, -0.1) is 0 Å². The number of carbonyl (C=O) groups is 3. The Hall–Kier alpha value is -4.46. The number of esters is 1. The number of amides is 2. The highest BCUT2D eigenvalue weighted by Crippen LogP contribution is 2.20. The Morgan fingerprint density at radius 1 is 0.969 bits per heavy atom. The fraction of sp³-hybridized carbons (Fsp3) is 0.0833. The van der Waals surface area contributed by atoms with E-state index >= 15 is 0 Å². The molecule has 4 aromatic rings. The number of carbonyl (C=O) groups excluding carboxylic acids is 3. The fourth-order valence-corrected chi connectivity index (χ4v) is 3.43. The number of hydrogen-bond acceptors (Lipinski definition) is 5. The summed E-state index contributed by atoms with van der Waals surface area (Å²) in [6.45, 7) is 0.394. The van der Waals surface area contributed by atoms with Crippen LogP contribution in [0.1, 0.15) is 36.8 Å². The predicted octanol–water partition coefficient (Wildman–Crippen LogP) is 3.22. The summed E-state index contributed by atoms with van der Waals surface area (Å²) in [7, 11) is 1.30. The Labute approximate surface area is 183 Å². The summed E-state index contributed by atoms with van der Waals surface area (Å²) in [5, 5.41) is 7.91. The lowest BCUT2D eigenvalue weighted by molar-refractivity contribution is 0.0600. The van der Waals surface area contributed by atoms with Gasteiger partial charge in [0.1, 0.15) is 0 Å². The van der Waals surface area contributed by atoms with E-state index < -0.39 is 11.9 Å². The van der Waals surface area contributed by atoms with Crippen LogP contribution in [-0.4, -0.2) is 34.7 Å². The number of methoxy groups -OCH3 is 1. The number of primary amides is 1. The Morgan fingerprint density at radius 2 is 1.69 bits per heavy atom. The molecule has 8 nitrogen and oxygen atoms in total. The van der Waals surface area contributed by atoms with Crippen molar-refractivity contribution in [3.8, 4) is 0 Å². The molecule has 0 fully saturated rings. The number of benzene rings is 3. The largest absolute Gasteiger partial charge is 0.465 e. The monoisotopic (exact) mass is 428 g/mol. The van der Waals surface area contributed by atoms with Crippen molar-refractivity contribution in [3.63, 3.8) is 0 Å². The molecular formula is C24H20N4O4. The SMILES string of the molecule is COC(=O)c1ccc(C(=O)Nc2cccc(Cn3nc(C(N)=O)c4ccccc43)c2)cc1. The Morgan fingerprint density at radius 3 is 2.41 bits per heavy atom. The molecule has 0 saturated carbocycles. The number of para-hydroxylation sites is 1. The molecule has 3 aromatic carbocycles. The third-order valence-electron chi connectivity index (χ3n) is 4.98. The lowest BCUT2D eigenvalue weighted by Crippen LogP contribution is -2.13. The van der Waals surface area contributed by atoms with E-state index in [1.54, 1.807) is 28.9 Å². The average Bonchev–Trinajstić information content (AvgIpc) is 3.17. The third-order valence-corrected chi connectivity index (χ3v) is 4.98. The van der Waals surface area contributed by atoms with E-state index in [-0.39, 0.29) is 11.6 Å². The molecule has 0 unspecified atom stereocenters. The zero-order valence-corrected chi connectivity index (χ0v) is 17.2. The molecule has 4 rings (SSSR count). The number of aromatic nitrogens is 2. The summed E-state index contributed by atoms with van der Waals surface area (Å²) in [5.74, 6) is -1.35. The van der Waals surface area contributed by atoms with Gasteiger partial charge in [0.25, 0.3) is 11.8 Å². The van der Waals surface area contributed by atoms with Crippen molar-refractivity contribution in [2.45, 2.75) is 6.54 Å². The molecule has 0 aliphatic heterocycles. The van der Waals surface area contributed by atoms with Crippen LogP contribution in [0, 0.1) is 0 Å². The van der Waals surface area contributed by atoms with Crippen molar-refractivity contribution in [2.24, 2.45) is 5.73 Å². The van der Waals surface area contributed by atoms with Crippen LogP contribution in [0.2, 0.25) is 0 Å². The van der Waals surface area contributed by atoms with Crippen molar-refractivity contribution in [2.75, 3.05) is 12.4 Å². The number of nitrogens with one attached hydrogen (secondary N) is 1. The number of rotatable bonds is 6. The van der Waals surface area contributed by atoms with Gasteiger partial charge in [-0.25, -0.2) is 4.79 Å². The molecule has 0 radical (unpaired) electrons. The molecule has 32 heavy (non-hydrogen) atoms. The van der Waals surface area contributed by atoms with Gasteiger partial charge < -0.3 is 15.8 Å². The first-order valence-corrected chi connectivity index (χ1v) is 9.80. The van der Waals surface area contributed by atoms with Gasteiger partial charge in [-0.05, 0) is 48.0 Å². The zero-order chi connectivity index (χ0) is 22.7. The summed E-state index contributed by atoms with van der Waals surface area (Å²) in [4.78, 5) is 35.9. The molecular weight excluding hydrogens is 408 g/mol. The van der Waals surface area contributed by atoms with Crippen LogP contribution in [0.5, 0.6) is 0 Å². The number of anilines is 1. The normalized spacial score (nSPS) is 10.7. The van der Waals surface area contributed by atoms with Crippen molar-refractivity contribution in [1.29, 1.82) is 0 Å². The molecule has 2 amide bonds. The quantitative estimate of drug-likeness (QED) is 0.458. The molecule has 3 N–H and O–H groups in total. The molecule has 0 aliphatic carbocycles. The van der Waals surface area contributed by atoms with Crippen LogP contribution >= 0.6 is 0 Å². The van der Waals surface area contributed by atoms with Crippen LogP contribution in [0.15, 0.2) is 72.8 Å².